The number of carboxylic acids is 2. The van der Waals surface area contributed by atoms with Crippen LogP contribution in [0.15, 0.2) is 66.7 Å². The predicted octanol–water partition coefficient (Wildman–Crippen LogP) is 4.91. The first-order valence-electron chi connectivity index (χ1n) is 9.32. The predicted molar refractivity (Wildman–Crippen MR) is 113 cm³/mol. The summed E-state index contributed by atoms with van der Waals surface area (Å²) in [5.41, 5.74) is 3.60. The molecule has 5 heteroatoms. The maximum atomic E-state index is 11.9. The van der Waals surface area contributed by atoms with Gasteiger partial charge in [0.1, 0.15) is 0 Å². The maximum Gasteiger partial charge on any atom is 0.336 e. The van der Waals surface area contributed by atoms with Crippen molar-refractivity contribution in [1.82, 2.24) is 0 Å². The van der Waals surface area contributed by atoms with Crippen molar-refractivity contribution < 1.29 is 19.8 Å². The number of nitrogens with zero attached hydrogens (tertiary/aromatic N) is 1. The molecule has 148 valence electrons. The van der Waals surface area contributed by atoms with Gasteiger partial charge in [-0.3, -0.25) is 0 Å². The zero-order chi connectivity index (χ0) is 21.0. The number of hydrogen-bond acceptors (Lipinski definition) is 3. The quantitative estimate of drug-likeness (QED) is 0.600. The first-order chi connectivity index (χ1) is 13.9. The summed E-state index contributed by atoms with van der Waals surface area (Å²) in [4.78, 5) is 25.7. The Hall–Kier alpha value is -3.60. The lowest BCUT2D eigenvalue weighted by atomic mass is 9.94. The third kappa shape index (κ3) is 4.46. The van der Waals surface area contributed by atoms with Crippen LogP contribution in [-0.4, -0.2) is 22.2 Å². The van der Waals surface area contributed by atoms with Gasteiger partial charge in [0.05, 0.1) is 11.1 Å². The maximum absolute atomic E-state index is 11.9. The highest BCUT2D eigenvalue weighted by atomic mass is 16.4. The molecule has 2 N–H and O–H groups in total. The lowest BCUT2D eigenvalue weighted by molar-refractivity contribution is 0.0695. The van der Waals surface area contributed by atoms with E-state index in [4.69, 9.17) is 0 Å². The van der Waals surface area contributed by atoms with Crippen molar-refractivity contribution in [3.8, 4) is 0 Å². The van der Waals surface area contributed by atoms with Gasteiger partial charge in [-0.25, -0.2) is 9.59 Å². The summed E-state index contributed by atoms with van der Waals surface area (Å²) in [5.74, 6) is -2.26. The van der Waals surface area contributed by atoms with Gasteiger partial charge in [-0.1, -0.05) is 60.7 Å². The second-order valence-electron chi connectivity index (χ2n) is 7.01. The summed E-state index contributed by atoms with van der Waals surface area (Å²) >= 11 is 0. The van der Waals surface area contributed by atoms with Gasteiger partial charge in [-0.05, 0) is 42.2 Å². The van der Waals surface area contributed by atoms with Crippen LogP contribution < -0.4 is 4.90 Å². The average Bonchev–Trinajstić information content (AvgIpc) is 2.69. The molecule has 0 amide bonds. The Labute approximate surface area is 169 Å². The van der Waals surface area contributed by atoms with E-state index >= 15 is 0 Å². The van der Waals surface area contributed by atoms with Crippen LogP contribution in [0.3, 0.4) is 0 Å². The molecule has 0 saturated heterocycles. The lowest BCUT2D eigenvalue weighted by Crippen LogP contribution is -2.25. The third-order valence-corrected chi connectivity index (χ3v) is 5.04. The summed E-state index contributed by atoms with van der Waals surface area (Å²) < 4.78 is 0. The number of carboxylic acid groups (broad SMARTS) is 2. The fourth-order valence-corrected chi connectivity index (χ4v) is 3.60. The molecule has 0 aliphatic heterocycles. The number of benzene rings is 3. The molecular formula is C24H23NO4. The fraction of sp³-hybridized carbons (Fsp3) is 0.167. The molecule has 0 heterocycles. The number of aromatic carboxylic acids is 2. The second-order valence-corrected chi connectivity index (χ2v) is 7.01. The molecule has 0 spiro atoms. The van der Waals surface area contributed by atoms with E-state index in [1.807, 2.05) is 65.6 Å². The highest BCUT2D eigenvalue weighted by molar-refractivity contribution is 5.99. The lowest BCUT2D eigenvalue weighted by Gasteiger charge is -2.28. The van der Waals surface area contributed by atoms with Gasteiger partial charge < -0.3 is 15.1 Å². The van der Waals surface area contributed by atoms with Crippen molar-refractivity contribution in [3.05, 3.63) is 100 Å². The Morgan fingerprint density at radius 1 is 0.759 bits per heavy atom. The van der Waals surface area contributed by atoms with E-state index in [-0.39, 0.29) is 16.7 Å². The molecular weight excluding hydrogens is 366 g/mol. The molecule has 0 unspecified atom stereocenters. The van der Waals surface area contributed by atoms with Crippen molar-refractivity contribution in [1.29, 1.82) is 0 Å². The number of carbonyl (C=O) groups is 2. The minimum absolute atomic E-state index is 0.00845. The first-order valence-corrected chi connectivity index (χ1v) is 9.32. The fourth-order valence-electron chi connectivity index (χ4n) is 3.60. The summed E-state index contributed by atoms with van der Waals surface area (Å²) in [6.07, 6.45) is 0. The van der Waals surface area contributed by atoms with Crippen molar-refractivity contribution in [2.24, 2.45) is 0 Å². The molecule has 0 saturated carbocycles. The van der Waals surface area contributed by atoms with Crippen LogP contribution in [0.25, 0.3) is 0 Å². The molecule has 0 atom stereocenters. The highest BCUT2D eigenvalue weighted by Gasteiger charge is 2.23. The zero-order valence-corrected chi connectivity index (χ0v) is 16.4. The zero-order valence-electron chi connectivity index (χ0n) is 16.4. The van der Waals surface area contributed by atoms with Gasteiger partial charge in [0.15, 0.2) is 0 Å². The summed E-state index contributed by atoms with van der Waals surface area (Å²) in [6, 6.07) is 21.2. The normalized spacial score (nSPS) is 10.6. The first kappa shape index (κ1) is 20.1. The van der Waals surface area contributed by atoms with E-state index in [0.717, 1.165) is 11.1 Å². The Morgan fingerprint density at radius 3 is 1.66 bits per heavy atom. The molecule has 0 bridgehead atoms. The van der Waals surface area contributed by atoms with Gasteiger partial charge in [-0.2, -0.15) is 0 Å². The summed E-state index contributed by atoms with van der Waals surface area (Å²) in [6.45, 7) is 4.33. The van der Waals surface area contributed by atoms with Crippen molar-refractivity contribution >= 4 is 17.6 Å². The standard InChI is InChI=1S/C24H23NO4/c1-16-20(23(26)27)13-21(17(2)22(16)24(28)29)25(14-18-9-5-3-6-10-18)15-19-11-7-4-8-12-19/h3-13H,14-15H2,1-2H3,(H,26,27)(H,28,29). The van der Waals surface area contributed by atoms with Gasteiger partial charge in [0.2, 0.25) is 0 Å². The van der Waals surface area contributed by atoms with Crippen LogP contribution in [0, 0.1) is 13.8 Å². The van der Waals surface area contributed by atoms with E-state index in [2.05, 4.69) is 0 Å². The average molecular weight is 389 g/mol. The van der Waals surface area contributed by atoms with Gasteiger partial charge in [0.25, 0.3) is 0 Å². The Kier molecular flexibility index (Phi) is 5.98. The Morgan fingerprint density at radius 2 is 1.24 bits per heavy atom. The SMILES string of the molecule is Cc1c(C(=O)O)cc(N(Cc2ccccc2)Cc2ccccc2)c(C)c1C(=O)O. The van der Waals surface area contributed by atoms with Crippen molar-refractivity contribution in [2.75, 3.05) is 4.90 Å². The van der Waals surface area contributed by atoms with Gasteiger partial charge in [0, 0.05) is 18.8 Å². The van der Waals surface area contributed by atoms with E-state index in [9.17, 15) is 19.8 Å². The molecule has 0 radical (unpaired) electrons. The molecule has 0 aliphatic rings. The van der Waals surface area contributed by atoms with Crippen LogP contribution in [0.1, 0.15) is 43.0 Å². The molecule has 0 fully saturated rings. The minimum Gasteiger partial charge on any atom is -0.478 e. The molecule has 3 rings (SSSR count). The van der Waals surface area contributed by atoms with Crippen LogP contribution in [0.2, 0.25) is 0 Å². The van der Waals surface area contributed by atoms with E-state index in [1.54, 1.807) is 19.9 Å². The molecule has 3 aromatic carbocycles. The summed E-state index contributed by atoms with van der Waals surface area (Å²) in [5, 5.41) is 19.4. The molecule has 0 aliphatic carbocycles. The number of rotatable bonds is 7. The molecule has 3 aromatic rings. The van der Waals surface area contributed by atoms with Crippen molar-refractivity contribution in [2.45, 2.75) is 26.9 Å². The Bertz CT molecular complexity index is 988. The number of anilines is 1. The van der Waals surface area contributed by atoms with Crippen LogP contribution in [-0.2, 0) is 13.1 Å². The highest BCUT2D eigenvalue weighted by Crippen LogP contribution is 2.31. The van der Waals surface area contributed by atoms with Gasteiger partial charge >= 0.3 is 11.9 Å². The summed E-state index contributed by atoms with van der Waals surface area (Å²) in [7, 11) is 0. The molecule has 0 aromatic heterocycles. The van der Waals surface area contributed by atoms with E-state index < -0.39 is 11.9 Å². The number of hydrogen-bond donors (Lipinski definition) is 2. The molecule has 5 nitrogen and oxygen atoms in total. The van der Waals surface area contributed by atoms with Gasteiger partial charge in [-0.15, -0.1) is 0 Å². The molecule has 29 heavy (non-hydrogen) atoms. The smallest absolute Gasteiger partial charge is 0.336 e. The van der Waals surface area contributed by atoms with Crippen molar-refractivity contribution in [3.63, 3.8) is 0 Å². The monoisotopic (exact) mass is 389 g/mol. The minimum atomic E-state index is -1.13. The largest absolute Gasteiger partial charge is 0.478 e. The van der Waals surface area contributed by atoms with E-state index in [1.165, 1.54) is 0 Å². The van der Waals surface area contributed by atoms with E-state index in [0.29, 0.717) is 24.3 Å². The van der Waals surface area contributed by atoms with Crippen LogP contribution in [0.5, 0.6) is 0 Å². The van der Waals surface area contributed by atoms with Crippen LogP contribution in [0.4, 0.5) is 5.69 Å². The topological polar surface area (TPSA) is 77.8 Å². The van der Waals surface area contributed by atoms with Crippen LogP contribution >= 0.6 is 0 Å². The Balaban J connectivity index is 2.15. The third-order valence-electron chi connectivity index (χ3n) is 5.04. The second kappa shape index (κ2) is 8.61.